The second-order valence-corrected chi connectivity index (χ2v) is 8.14. The Morgan fingerprint density at radius 2 is 1.87 bits per heavy atom. The lowest BCUT2D eigenvalue weighted by Crippen LogP contribution is -2.46. The van der Waals surface area contributed by atoms with E-state index in [2.05, 4.69) is 39.9 Å². The topological polar surface area (TPSA) is 71.9 Å². The van der Waals surface area contributed by atoms with E-state index in [1.54, 1.807) is 0 Å². The molecule has 1 aliphatic carbocycles. The van der Waals surface area contributed by atoms with Crippen molar-refractivity contribution < 1.29 is 5.11 Å². The van der Waals surface area contributed by atoms with Gasteiger partial charge in [-0.3, -0.25) is 14.7 Å². The van der Waals surface area contributed by atoms with Crippen LogP contribution in [0.5, 0.6) is 0 Å². The molecule has 0 spiro atoms. The molecule has 6 nitrogen and oxygen atoms in total. The number of benzene rings is 1. The predicted octanol–water partition coefficient (Wildman–Crippen LogP) is 3.43. The normalized spacial score (nSPS) is 15.6. The Balaban J connectivity index is 1.58. The van der Waals surface area contributed by atoms with Crippen molar-refractivity contribution in [1.29, 1.82) is 0 Å². The Hall–Kier alpha value is -2.96. The Morgan fingerprint density at radius 1 is 1.10 bits per heavy atom. The summed E-state index contributed by atoms with van der Waals surface area (Å²) in [6, 6.07) is 16.1. The fourth-order valence-electron chi connectivity index (χ4n) is 4.22. The summed E-state index contributed by atoms with van der Waals surface area (Å²) in [5.41, 5.74) is 6.11. The molecule has 1 saturated heterocycles. The molecule has 0 unspecified atom stereocenters. The van der Waals surface area contributed by atoms with Crippen molar-refractivity contribution in [1.82, 2.24) is 9.88 Å². The maximum atomic E-state index is 12.6. The van der Waals surface area contributed by atoms with Crippen LogP contribution in [0, 0.1) is 6.92 Å². The summed E-state index contributed by atoms with van der Waals surface area (Å²) in [5.74, 6) is 0. The number of aliphatic hydroxyl groups excluding tert-OH is 1. The molecule has 0 bridgehead atoms. The summed E-state index contributed by atoms with van der Waals surface area (Å²) >= 11 is 0. The van der Waals surface area contributed by atoms with E-state index in [-0.39, 0.29) is 12.2 Å². The number of aliphatic imine (C=N–C) groups is 1. The predicted molar refractivity (Wildman–Crippen MR) is 127 cm³/mol. The lowest BCUT2D eigenvalue weighted by molar-refractivity contribution is 0.216. The largest absolute Gasteiger partial charge is 0.396 e. The number of rotatable bonds is 6. The van der Waals surface area contributed by atoms with Gasteiger partial charge in [-0.1, -0.05) is 30.3 Å². The van der Waals surface area contributed by atoms with Gasteiger partial charge in [0.25, 0.3) is 5.56 Å². The monoisotopic (exact) mass is 418 g/mol. The molecule has 2 aliphatic heterocycles. The molecule has 0 aromatic heterocycles. The van der Waals surface area contributed by atoms with Crippen molar-refractivity contribution in [3.05, 3.63) is 70.0 Å². The first kappa shape index (κ1) is 21.3. The maximum Gasteiger partial charge on any atom is 0.258 e. The van der Waals surface area contributed by atoms with Gasteiger partial charge in [-0.2, -0.15) is 0 Å². The van der Waals surface area contributed by atoms with Crippen LogP contribution in [-0.4, -0.2) is 60.0 Å². The number of piperazine rings is 1. The van der Waals surface area contributed by atoms with Crippen LogP contribution in [0.3, 0.4) is 0 Å². The third kappa shape index (κ3) is 4.70. The summed E-state index contributed by atoms with van der Waals surface area (Å²) in [6.45, 7) is 9.07. The molecule has 162 valence electrons. The van der Waals surface area contributed by atoms with E-state index in [1.165, 1.54) is 0 Å². The molecule has 2 N–H and O–H groups in total. The molecule has 31 heavy (non-hydrogen) atoms. The van der Waals surface area contributed by atoms with Crippen molar-refractivity contribution in [3.63, 3.8) is 0 Å². The van der Waals surface area contributed by atoms with E-state index in [0.29, 0.717) is 5.56 Å². The second-order valence-electron chi connectivity index (χ2n) is 8.14. The van der Waals surface area contributed by atoms with Crippen LogP contribution in [-0.2, 0) is 0 Å². The minimum absolute atomic E-state index is 0.102. The Bertz CT molecular complexity index is 1100. The molecule has 1 aromatic carbocycles. The number of nitrogens with zero attached hydrogens (tertiary/aromatic N) is 3. The average Bonchev–Trinajstić information content (AvgIpc) is 2.92. The first-order valence-electron chi connectivity index (χ1n) is 10.9. The third-order valence-electron chi connectivity index (χ3n) is 6.00. The van der Waals surface area contributed by atoms with Crippen LogP contribution < -0.4 is 10.5 Å². The molecule has 3 aliphatic rings. The number of aromatic amines is 1. The summed E-state index contributed by atoms with van der Waals surface area (Å²) in [7, 11) is 0. The summed E-state index contributed by atoms with van der Waals surface area (Å²) in [5, 5.41) is 9.04. The summed E-state index contributed by atoms with van der Waals surface area (Å²) < 4.78 is 0. The molecular weight excluding hydrogens is 388 g/mol. The van der Waals surface area contributed by atoms with E-state index < -0.39 is 0 Å². The quantitative estimate of drug-likeness (QED) is 0.602. The van der Waals surface area contributed by atoms with Crippen LogP contribution in [0.25, 0.3) is 11.3 Å². The lowest BCUT2D eigenvalue weighted by atomic mass is 10.1. The molecule has 1 fully saturated rings. The Kier molecular flexibility index (Phi) is 6.49. The average molecular weight is 419 g/mol. The van der Waals surface area contributed by atoms with E-state index in [9.17, 15) is 4.79 Å². The number of anilines is 1. The van der Waals surface area contributed by atoms with E-state index in [0.717, 1.165) is 73.1 Å². The number of aryl methyl sites for hydroxylation is 1. The van der Waals surface area contributed by atoms with Crippen LogP contribution in [0.15, 0.2) is 58.3 Å². The standard InChI is InChI=1S/C25H30N4O2/c1-18-9-10-20(29-14-12-28(13-15-29)11-6-16-30)17-23(18)26-19(2)24-21-7-4-3-5-8-22(21)27-25(24)31/h3-5,7-10,17,30H,6,11-16H2,1-2H3,(H,27,31)/b26-19+. The van der Waals surface area contributed by atoms with Gasteiger partial charge in [-0.25, -0.2) is 0 Å². The van der Waals surface area contributed by atoms with Crippen molar-refractivity contribution >= 4 is 17.1 Å². The van der Waals surface area contributed by atoms with Crippen LogP contribution in [0.2, 0.25) is 0 Å². The second kappa shape index (κ2) is 9.45. The molecule has 0 atom stereocenters. The van der Waals surface area contributed by atoms with E-state index in [4.69, 9.17) is 10.1 Å². The fourth-order valence-corrected chi connectivity index (χ4v) is 4.22. The lowest BCUT2D eigenvalue weighted by Gasteiger charge is -2.36. The number of fused-ring (bicyclic) bond motifs is 1. The molecule has 1 aromatic rings. The number of hydrogen-bond donors (Lipinski definition) is 2. The number of H-pyrrole nitrogens is 1. The first-order valence-corrected chi connectivity index (χ1v) is 10.9. The smallest absolute Gasteiger partial charge is 0.258 e. The highest BCUT2D eigenvalue weighted by atomic mass is 16.3. The minimum atomic E-state index is -0.102. The summed E-state index contributed by atoms with van der Waals surface area (Å²) in [4.78, 5) is 25.2. The molecule has 0 amide bonds. The first-order chi connectivity index (χ1) is 15.1. The van der Waals surface area contributed by atoms with Gasteiger partial charge < -0.3 is 15.0 Å². The zero-order valence-electron chi connectivity index (χ0n) is 18.3. The van der Waals surface area contributed by atoms with Crippen LogP contribution in [0.4, 0.5) is 11.4 Å². The van der Waals surface area contributed by atoms with E-state index in [1.807, 2.05) is 37.3 Å². The van der Waals surface area contributed by atoms with Crippen LogP contribution >= 0.6 is 0 Å². The van der Waals surface area contributed by atoms with Gasteiger partial charge in [0.1, 0.15) is 0 Å². The van der Waals surface area contributed by atoms with Crippen molar-refractivity contribution in [3.8, 4) is 11.3 Å². The van der Waals surface area contributed by atoms with Crippen LogP contribution in [0.1, 0.15) is 24.5 Å². The molecule has 2 heterocycles. The Labute approximate surface area is 183 Å². The minimum Gasteiger partial charge on any atom is -0.396 e. The van der Waals surface area contributed by atoms with Gasteiger partial charge in [0.05, 0.1) is 17.0 Å². The SMILES string of the molecule is C/C(=N\c1cc(N2CCN(CCCO)CC2)ccc1C)c1c2cccccc-2[nH]c1=O. The highest BCUT2D eigenvalue weighted by molar-refractivity contribution is 6.05. The van der Waals surface area contributed by atoms with Gasteiger partial charge in [-0.05, 0) is 44.0 Å². The molecular formula is C25H30N4O2. The number of hydrogen-bond acceptors (Lipinski definition) is 5. The zero-order chi connectivity index (χ0) is 21.8. The number of aliphatic hydroxyl groups is 1. The highest BCUT2D eigenvalue weighted by Crippen LogP contribution is 2.28. The third-order valence-corrected chi connectivity index (χ3v) is 6.00. The number of nitrogens with one attached hydrogen (secondary N) is 1. The molecule has 4 rings (SSSR count). The molecule has 6 heteroatoms. The van der Waals surface area contributed by atoms with E-state index >= 15 is 0 Å². The van der Waals surface area contributed by atoms with Crippen molar-refractivity contribution in [2.24, 2.45) is 4.99 Å². The maximum absolute atomic E-state index is 12.6. The molecule has 0 radical (unpaired) electrons. The van der Waals surface area contributed by atoms with Crippen molar-refractivity contribution in [2.75, 3.05) is 44.2 Å². The summed E-state index contributed by atoms with van der Waals surface area (Å²) in [6.07, 6.45) is 0.830. The number of aromatic nitrogens is 1. The van der Waals surface area contributed by atoms with Gasteiger partial charge in [0.2, 0.25) is 0 Å². The fraction of sp³-hybridized carbons (Fsp3) is 0.360. The van der Waals surface area contributed by atoms with Gasteiger partial charge in [-0.15, -0.1) is 0 Å². The van der Waals surface area contributed by atoms with Gasteiger partial charge >= 0.3 is 0 Å². The zero-order valence-corrected chi connectivity index (χ0v) is 18.3. The highest BCUT2D eigenvalue weighted by Gasteiger charge is 2.19. The Morgan fingerprint density at radius 3 is 2.65 bits per heavy atom. The van der Waals surface area contributed by atoms with Gasteiger partial charge in [0.15, 0.2) is 0 Å². The molecule has 0 saturated carbocycles. The van der Waals surface area contributed by atoms with Gasteiger partial charge in [0, 0.05) is 56.3 Å². The van der Waals surface area contributed by atoms with Crippen molar-refractivity contribution in [2.45, 2.75) is 20.3 Å².